The standard InChI is InChI=1S/C31H30BN3O2/c1-29(2)24-13-8-7-12-21(24)22-17-23-26(18-25(22)29)35(28-27(23)33-14-15-34-28)20-11-9-10-19(16-20)32-36-30(3,4)31(5,6)37-32/h7-18H,1-6H3. The summed E-state index contributed by atoms with van der Waals surface area (Å²) >= 11 is 0. The molecule has 2 aliphatic rings. The molecule has 3 heterocycles. The first-order valence-electron chi connectivity index (χ1n) is 12.9. The van der Waals surface area contributed by atoms with Gasteiger partial charge in [-0.1, -0.05) is 50.2 Å². The molecule has 0 N–H and O–H groups in total. The Labute approximate surface area is 217 Å². The molecule has 0 amide bonds. The summed E-state index contributed by atoms with van der Waals surface area (Å²) in [4.78, 5) is 9.57. The lowest BCUT2D eigenvalue weighted by molar-refractivity contribution is 0.00578. The molecule has 0 saturated carbocycles. The third-order valence-corrected chi connectivity index (χ3v) is 8.74. The van der Waals surface area contributed by atoms with Crippen LogP contribution in [-0.4, -0.2) is 32.9 Å². The average Bonchev–Trinajstić information content (AvgIpc) is 3.40. The van der Waals surface area contributed by atoms with Crippen molar-refractivity contribution in [3.63, 3.8) is 0 Å². The molecule has 1 fully saturated rings. The van der Waals surface area contributed by atoms with Crippen LogP contribution in [0.1, 0.15) is 52.7 Å². The smallest absolute Gasteiger partial charge is 0.399 e. The fraction of sp³-hybridized carbons (Fsp3) is 0.290. The Morgan fingerprint density at radius 2 is 1.46 bits per heavy atom. The fourth-order valence-electron chi connectivity index (χ4n) is 5.96. The van der Waals surface area contributed by atoms with Crippen molar-refractivity contribution in [3.8, 4) is 16.8 Å². The Morgan fingerprint density at radius 1 is 0.730 bits per heavy atom. The Bertz CT molecular complexity index is 1720. The third-order valence-electron chi connectivity index (χ3n) is 8.74. The van der Waals surface area contributed by atoms with Gasteiger partial charge in [-0.15, -0.1) is 0 Å². The molecule has 184 valence electrons. The first kappa shape index (κ1) is 22.7. The van der Waals surface area contributed by atoms with E-state index in [0.29, 0.717) is 0 Å². The second kappa shape index (κ2) is 7.30. The van der Waals surface area contributed by atoms with Crippen molar-refractivity contribution in [2.24, 2.45) is 0 Å². The van der Waals surface area contributed by atoms with Gasteiger partial charge in [0.25, 0.3) is 0 Å². The topological polar surface area (TPSA) is 49.2 Å². The number of aromatic nitrogens is 3. The molecule has 0 unspecified atom stereocenters. The number of nitrogens with zero attached hydrogens (tertiary/aromatic N) is 3. The van der Waals surface area contributed by atoms with Gasteiger partial charge in [-0.3, -0.25) is 9.55 Å². The van der Waals surface area contributed by atoms with Crippen LogP contribution >= 0.6 is 0 Å². The summed E-state index contributed by atoms with van der Waals surface area (Å²) in [6, 6.07) is 21.8. The van der Waals surface area contributed by atoms with Crippen LogP contribution in [0.3, 0.4) is 0 Å². The highest BCUT2D eigenvalue weighted by Crippen LogP contribution is 2.50. The summed E-state index contributed by atoms with van der Waals surface area (Å²) in [6.07, 6.45) is 3.54. The SMILES string of the molecule is CC1(C)c2ccccc2-c2cc3c4nccnc4n(-c4cccc(B5OC(C)(C)C(C)(C)O5)c4)c3cc21. The van der Waals surface area contributed by atoms with Crippen LogP contribution in [0.4, 0.5) is 0 Å². The van der Waals surface area contributed by atoms with E-state index < -0.39 is 18.3 Å². The second-order valence-electron chi connectivity index (χ2n) is 11.8. The number of rotatable bonds is 2. The average molecular weight is 487 g/mol. The molecule has 1 aliphatic carbocycles. The summed E-state index contributed by atoms with van der Waals surface area (Å²) in [5, 5.41) is 1.11. The Kier molecular flexibility index (Phi) is 4.48. The minimum absolute atomic E-state index is 0.0905. The highest BCUT2D eigenvalue weighted by molar-refractivity contribution is 6.62. The third kappa shape index (κ3) is 3.06. The molecular formula is C31H30BN3O2. The number of benzene rings is 3. The molecule has 6 heteroatoms. The van der Waals surface area contributed by atoms with E-state index in [2.05, 4.69) is 107 Å². The number of fused-ring (bicyclic) bond motifs is 6. The number of hydrogen-bond donors (Lipinski definition) is 0. The van der Waals surface area contributed by atoms with Crippen LogP contribution in [-0.2, 0) is 14.7 Å². The first-order chi connectivity index (χ1) is 17.6. The van der Waals surface area contributed by atoms with Gasteiger partial charge in [-0.2, -0.15) is 0 Å². The summed E-state index contributed by atoms with van der Waals surface area (Å²) in [6.45, 7) is 13.0. The molecule has 5 aromatic rings. The van der Waals surface area contributed by atoms with Crippen LogP contribution in [0, 0.1) is 0 Å². The van der Waals surface area contributed by atoms with Crippen LogP contribution in [0.5, 0.6) is 0 Å². The summed E-state index contributed by atoms with van der Waals surface area (Å²) in [5.41, 5.74) is 9.25. The summed E-state index contributed by atoms with van der Waals surface area (Å²) < 4.78 is 15.0. The predicted molar refractivity (Wildman–Crippen MR) is 150 cm³/mol. The van der Waals surface area contributed by atoms with Gasteiger partial charge < -0.3 is 9.31 Å². The van der Waals surface area contributed by atoms with E-state index >= 15 is 0 Å². The van der Waals surface area contributed by atoms with E-state index in [1.807, 2.05) is 0 Å². The Balaban J connectivity index is 1.46. The van der Waals surface area contributed by atoms with E-state index in [4.69, 9.17) is 19.3 Å². The zero-order valence-corrected chi connectivity index (χ0v) is 22.2. The van der Waals surface area contributed by atoms with Gasteiger partial charge in [0, 0.05) is 28.9 Å². The van der Waals surface area contributed by atoms with Gasteiger partial charge in [0.2, 0.25) is 0 Å². The van der Waals surface area contributed by atoms with Crippen LogP contribution in [0.25, 0.3) is 38.9 Å². The van der Waals surface area contributed by atoms with Crippen molar-refractivity contribution in [3.05, 3.63) is 84.2 Å². The maximum absolute atomic E-state index is 6.36. The van der Waals surface area contributed by atoms with Gasteiger partial charge in [0.15, 0.2) is 5.65 Å². The van der Waals surface area contributed by atoms with Crippen molar-refractivity contribution in [1.29, 1.82) is 0 Å². The lowest BCUT2D eigenvalue weighted by Gasteiger charge is -2.32. The lowest BCUT2D eigenvalue weighted by atomic mass is 9.79. The van der Waals surface area contributed by atoms with E-state index in [1.54, 1.807) is 12.4 Å². The first-order valence-corrected chi connectivity index (χ1v) is 12.9. The Hall–Kier alpha value is -3.48. The maximum Gasteiger partial charge on any atom is 0.494 e. The van der Waals surface area contributed by atoms with Gasteiger partial charge in [-0.25, -0.2) is 4.98 Å². The molecule has 7 rings (SSSR count). The molecule has 0 spiro atoms. The Morgan fingerprint density at radius 3 is 2.24 bits per heavy atom. The highest BCUT2D eigenvalue weighted by Gasteiger charge is 2.51. The maximum atomic E-state index is 6.36. The molecule has 1 aliphatic heterocycles. The predicted octanol–water partition coefficient (Wildman–Crippen LogP) is 6.18. The number of hydrogen-bond acceptors (Lipinski definition) is 4. The molecule has 0 radical (unpaired) electrons. The highest BCUT2D eigenvalue weighted by atomic mass is 16.7. The van der Waals surface area contributed by atoms with Gasteiger partial charge in [0.1, 0.15) is 5.52 Å². The second-order valence-corrected chi connectivity index (χ2v) is 11.8. The normalized spacial score (nSPS) is 18.9. The minimum Gasteiger partial charge on any atom is -0.399 e. The zero-order valence-electron chi connectivity index (χ0n) is 22.2. The quantitative estimate of drug-likeness (QED) is 0.279. The lowest BCUT2D eigenvalue weighted by Crippen LogP contribution is -2.41. The molecule has 37 heavy (non-hydrogen) atoms. The van der Waals surface area contributed by atoms with Gasteiger partial charge in [0.05, 0.1) is 16.7 Å². The van der Waals surface area contributed by atoms with Crippen LogP contribution in [0.15, 0.2) is 73.1 Å². The minimum atomic E-state index is -0.429. The van der Waals surface area contributed by atoms with E-state index in [0.717, 1.165) is 33.2 Å². The largest absolute Gasteiger partial charge is 0.494 e. The van der Waals surface area contributed by atoms with Crippen molar-refractivity contribution in [1.82, 2.24) is 14.5 Å². The molecule has 3 aromatic carbocycles. The summed E-state index contributed by atoms with van der Waals surface area (Å²) in [7, 11) is -0.429. The van der Waals surface area contributed by atoms with Crippen molar-refractivity contribution in [2.75, 3.05) is 0 Å². The molecule has 1 saturated heterocycles. The van der Waals surface area contributed by atoms with Gasteiger partial charge in [-0.05, 0) is 79.7 Å². The van der Waals surface area contributed by atoms with Crippen molar-refractivity contribution < 1.29 is 9.31 Å². The van der Waals surface area contributed by atoms with Gasteiger partial charge >= 0.3 is 7.12 Å². The molecule has 0 atom stereocenters. The molecule has 5 nitrogen and oxygen atoms in total. The van der Waals surface area contributed by atoms with E-state index in [1.165, 1.54) is 22.3 Å². The van der Waals surface area contributed by atoms with Crippen LogP contribution < -0.4 is 5.46 Å². The molecule has 2 aromatic heterocycles. The molecular weight excluding hydrogens is 457 g/mol. The van der Waals surface area contributed by atoms with Crippen molar-refractivity contribution >= 4 is 34.6 Å². The molecule has 0 bridgehead atoms. The van der Waals surface area contributed by atoms with E-state index in [-0.39, 0.29) is 5.41 Å². The summed E-state index contributed by atoms with van der Waals surface area (Å²) in [5.74, 6) is 0. The fourth-order valence-corrected chi connectivity index (χ4v) is 5.96. The van der Waals surface area contributed by atoms with E-state index in [9.17, 15) is 0 Å². The monoisotopic (exact) mass is 487 g/mol. The van der Waals surface area contributed by atoms with Crippen LogP contribution in [0.2, 0.25) is 0 Å². The zero-order chi connectivity index (χ0) is 25.7. The van der Waals surface area contributed by atoms with Crippen molar-refractivity contribution in [2.45, 2.75) is 58.2 Å².